The summed E-state index contributed by atoms with van der Waals surface area (Å²) in [6.45, 7) is 10.1. The molecule has 2 atom stereocenters. The molecule has 0 radical (unpaired) electrons. The van der Waals surface area contributed by atoms with Crippen LogP contribution in [0.1, 0.15) is 67.2 Å². The van der Waals surface area contributed by atoms with E-state index in [1.54, 1.807) is 13.8 Å². The molecule has 0 saturated heterocycles. The first kappa shape index (κ1) is 28.1. The molecule has 168 valence electrons. The maximum absolute atomic E-state index is 12.8. The first-order chi connectivity index (χ1) is 13.7. The van der Waals surface area contributed by atoms with Crippen LogP contribution in [0.25, 0.3) is 0 Å². The van der Waals surface area contributed by atoms with Gasteiger partial charge in [0.15, 0.2) is 0 Å². The van der Waals surface area contributed by atoms with Crippen molar-refractivity contribution in [2.45, 2.75) is 74.5 Å². The molecular weight excluding hydrogens is 459 g/mol. The molecule has 0 aliphatic heterocycles. The minimum atomic E-state index is -5.12. The van der Waals surface area contributed by atoms with Crippen LogP contribution in [-0.2, 0) is 55.4 Å². The van der Waals surface area contributed by atoms with E-state index >= 15 is 0 Å². The Bertz CT molecular complexity index is 501. The van der Waals surface area contributed by atoms with Crippen LogP contribution in [0.3, 0.4) is 0 Å². The van der Waals surface area contributed by atoms with Gasteiger partial charge in [-0.05, 0) is 0 Å². The van der Waals surface area contributed by atoms with Gasteiger partial charge in [-0.2, -0.15) is 0 Å². The molecule has 9 heteroatoms. The number of rotatable bonds is 16. The fraction of sp³-hybridized carbons (Fsp3) is 0.800. The number of unbranched alkanes of at least 4 members (excludes halogenated alkanes) is 2. The van der Waals surface area contributed by atoms with E-state index < -0.39 is 51.9 Å². The Balaban J connectivity index is 6.57. The van der Waals surface area contributed by atoms with Crippen molar-refractivity contribution in [3.63, 3.8) is 0 Å². The molecule has 0 N–H and O–H groups in total. The summed E-state index contributed by atoms with van der Waals surface area (Å²) in [6, 6.07) is 0. The van der Waals surface area contributed by atoms with Crippen LogP contribution in [0.2, 0.25) is 7.25 Å². The number of carbonyl (C=O) groups excluding carboxylic acids is 4. The van der Waals surface area contributed by atoms with Crippen molar-refractivity contribution in [1.29, 1.82) is 0 Å². The van der Waals surface area contributed by atoms with Crippen molar-refractivity contribution in [1.82, 2.24) is 0 Å². The predicted octanol–water partition coefficient (Wildman–Crippen LogP) is 3.48. The van der Waals surface area contributed by atoms with Gasteiger partial charge in [-0.3, -0.25) is 0 Å². The summed E-state index contributed by atoms with van der Waals surface area (Å²) in [5.41, 5.74) is 0. The van der Waals surface area contributed by atoms with Crippen LogP contribution in [0.15, 0.2) is 0 Å². The molecule has 0 aromatic heterocycles. The van der Waals surface area contributed by atoms with Crippen LogP contribution in [0.4, 0.5) is 0 Å². The first-order valence-corrected chi connectivity index (χ1v) is 15.2. The van der Waals surface area contributed by atoms with E-state index in [1.807, 2.05) is 13.8 Å². The standard InChI is InChI=1S/2C6H9O3.2C4H9O.Zr/c2*1-3-9-6(8)4-5(2)7;2*1-2-3-4-5;/h2*4H,3H2,1-2H3;2*2-4H2,1H3;/q;;2*-1;+2. The molecule has 0 aromatic rings. The average molecular weight is 496 g/mol. The summed E-state index contributed by atoms with van der Waals surface area (Å²) in [6.07, 6.45) is 2.86. The molecular formula is C20H36O8Zr. The maximum atomic E-state index is 12.8. The molecule has 0 fully saturated rings. The van der Waals surface area contributed by atoms with Crippen LogP contribution in [-0.4, -0.2) is 49.9 Å². The van der Waals surface area contributed by atoms with Crippen molar-refractivity contribution in [2.24, 2.45) is 0 Å². The Morgan fingerprint density at radius 1 is 0.690 bits per heavy atom. The minimum absolute atomic E-state index is 0.0542. The van der Waals surface area contributed by atoms with Gasteiger partial charge >= 0.3 is 180 Å². The van der Waals surface area contributed by atoms with Crippen LogP contribution in [0, 0.1) is 0 Å². The fourth-order valence-corrected chi connectivity index (χ4v) is 12.7. The van der Waals surface area contributed by atoms with Crippen molar-refractivity contribution in [2.75, 3.05) is 26.4 Å². The second-order valence-corrected chi connectivity index (χ2v) is 14.5. The third kappa shape index (κ3) is 8.38. The summed E-state index contributed by atoms with van der Waals surface area (Å²) in [4.78, 5) is 50.8. The zero-order valence-electron chi connectivity index (χ0n) is 18.6. The summed E-state index contributed by atoms with van der Waals surface area (Å²) in [5.74, 6) is -2.66. The molecule has 0 bridgehead atoms. The van der Waals surface area contributed by atoms with E-state index in [2.05, 4.69) is 0 Å². The van der Waals surface area contributed by atoms with Crippen molar-refractivity contribution >= 4 is 23.5 Å². The number of carbonyl (C=O) groups is 4. The molecule has 0 aliphatic carbocycles. The second kappa shape index (κ2) is 15.0. The van der Waals surface area contributed by atoms with Crippen LogP contribution < -0.4 is 0 Å². The Morgan fingerprint density at radius 3 is 1.28 bits per heavy atom. The van der Waals surface area contributed by atoms with Gasteiger partial charge in [-0.1, -0.05) is 0 Å². The number of esters is 2. The van der Waals surface area contributed by atoms with Gasteiger partial charge in [0.2, 0.25) is 0 Å². The fourth-order valence-electron chi connectivity index (χ4n) is 2.97. The second-order valence-electron chi connectivity index (χ2n) is 6.72. The number of hydrogen-bond donors (Lipinski definition) is 0. The Morgan fingerprint density at radius 2 is 1.03 bits per heavy atom. The number of Topliss-reactive ketones (excluding diaryl/α,β-unsaturated/α-hetero) is 2. The van der Waals surface area contributed by atoms with Gasteiger partial charge in [0, 0.05) is 0 Å². The average Bonchev–Trinajstić information content (AvgIpc) is 2.62. The number of hydrogen-bond acceptors (Lipinski definition) is 8. The van der Waals surface area contributed by atoms with Gasteiger partial charge in [0.05, 0.1) is 0 Å². The van der Waals surface area contributed by atoms with Crippen molar-refractivity contribution in [3.8, 4) is 0 Å². The third-order valence-electron chi connectivity index (χ3n) is 4.31. The third-order valence-corrected chi connectivity index (χ3v) is 14.6. The zero-order chi connectivity index (χ0) is 22.4. The number of ether oxygens (including phenoxy) is 2. The summed E-state index contributed by atoms with van der Waals surface area (Å²) >= 11 is -5.12. The van der Waals surface area contributed by atoms with Gasteiger partial charge in [-0.15, -0.1) is 0 Å². The molecule has 0 spiro atoms. The summed E-state index contributed by atoms with van der Waals surface area (Å²) < 4.78 is 19.7. The van der Waals surface area contributed by atoms with Gasteiger partial charge in [-0.25, -0.2) is 0 Å². The van der Waals surface area contributed by atoms with Crippen LogP contribution >= 0.6 is 0 Å². The quantitative estimate of drug-likeness (QED) is 0.182. The Hall–Kier alpha value is -0.917. The van der Waals surface area contributed by atoms with E-state index in [-0.39, 0.29) is 26.4 Å². The molecule has 8 nitrogen and oxygen atoms in total. The van der Waals surface area contributed by atoms with Crippen molar-refractivity contribution < 1.29 is 55.4 Å². The molecule has 0 amide bonds. The molecule has 0 aliphatic rings. The SMILES string of the molecule is CCCC[O][Zr]([O]CCCC)([CH](C(C)=O)C(=O)OCC)[CH](C(C)=O)C(=O)OCC. The van der Waals surface area contributed by atoms with Gasteiger partial charge in [0.1, 0.15) is 0 Å². The van der Waals surface area contributed by atoms with E-state index in [0.717, 1.165) is 12.8 Å². The normalized spacial score (nSPS) is 13.4. The zero-order valence-corrected chi connectivity index (χ0v) is 21.0. The van der Waals surface area contributed by atoms with Gasteiger partial charge < -0.3 is 0 Å². The monoisotopic (exact) mass is 494 g/mol. The molecule has 0 heterocycles. The Kier molecular flexibility index (Phi) is 14.5. The number of ketones is 2. The van der Waals surface area contributed by atoms with Gasteiger partial charge in [0.25, 0.3) is 0 Å². The molecule has 2 unspecified atom stereocenters. The molecule has 0 rings (SSSR count). The molecule has 0 aromatic carbocycles. The van der Waals surface area contributed by atoms with E-state index in [9.17, 15) is 19.2 Å². The van der Waals surface area contributed by atoms with E-state index in [4.69, 9.17) is 15.1 Å². The van der Waals surface area contributed by atoms with Crippen LogP contribution in [0.5, 0.6) is 0 Å². The first-order valence-electron chi connectivity index (χ1n) is 10.3. The van der Waals surface area contributed by atoms with E-state index in [1.165, 1.54) is 13.8 Å². The molecule has 0 saturated carbocycles. The summed E-state index contributed by atoms with van der Waals surface area (Å²) in [7, 11) is 0. The molecule has 29 heavy (non-hydrogen) atoms. The van der Waals surface area contributed by atoms with Crippen molar-refractivity contribution in [3.05, 3.63) is 0 Å². The Labute approximate surface area is 179 Å². The predicted molar refractivity (Wildman–Crippen MR) is 104 cm³/mol. The van der Waals surface area contributed by atoms with E-state index in [0.29, 0.717) is 12.8 Å². The topological polar surface area (TPSA) is 105 Å². The summed E-state index contributed by atoms with van der Waals surface area (Å²) in [5, 5.41) is 0.